The van der Waals surface area contributed by atoms with Gasteiger partial charge in [-0.25, -0.2) is 4.79 Å². The summed E-state index contributed by atoms with van der Waals surface area (Å²) in [4.78, 5) is 15.7. The highest BCUT2D eigenvalue weighted by atomic mass is 35.5. The number of benzene rings is 1. The monoisotopic (exact) mass is 320 g/mol. The smallest absolute Gasteiger partial charge is 0.321 e. The first kappa shape index (κ1) is 14.4. The maximum atomic E-state index is 12.5. The van der Waals surface area contributed by atoms with E-state index in [9.17, 15) is 4.79 Å². The van der Waals surface area contributed by atoms with Crippen molar-refractivity contribution in [2.24, 2.45) is 0 Å². The Kier molecular flexibility index (Phi) is 4.46. The summed E-state index contributed by atoms with van der Waals surface area (Å²) in [5.41, 5.74) is 0.672. The molecule has 1 aliphatic carbocycles. The van der Waals surface area contributed by atoms with E-state index in [0.29, 0.717) is 16.8 Å². The maximum Gasteiger partial charge on any atom is 0.322 e. The molecule has 0 spiro atoms. The van der Waals surface area contributed by atoms with Gasteiger partial charge in [0.25, 0.3) is 0 Å². The second-order valence-electron chi connectivity index (χ2n) is 5.16. The molecule has 0 atom stereocenters. The largest absolute Gasteiger partial charge is 0.322 e. The van der Waals surface area contributed by atoms with Gasteiger partial charge in [-0.2, -0.15) is 0 Å². The standard InChI is InChI=1S/C16H17ClN2OS/c17-14-5-1-2-6-15(14)18-16(20)19(12-7-8-12)10-9-13-4-3-11-21-13/h1-6,11-12H,7-10H2,(H,18,20). The Labute approximate surface area is 133 Å². The minimum absolute atomic E-state index is 0.0536. The van der Waals surface area contributed by atoms with E-state index < -0.39 is 0 Å². The Morgan fingerprint density at radius 3 is 2.76 bits per heavy atom. The number of para-hydroxylation sites is 1. The van der Waals surface area contributed by atoms with Crippen molar-refractivity contribution >= 4 is 34.7 Å². The summed E-state index contributed by atoms with van der Waals surface area (Å²) in [6, 6.07) is 11.8. The van der Waals surface area contributed by atoms with Crippen molar-refractivity contribution in [2.75, 3.05) is 11.9 Å². The Morgan fingerprint density at radius 2 is 2.10 bits per heavy atom. The van der Waals surface area contributed by atoms with Gasteiger partial charge in [0, 0.05) is 17.5 Å². The molecule has 0 radical (unpaired) electrons. The minimum Gasteiger partial charge on any atom is -0.321 e. The normalized spacial score (nSPS) is 14.0. The molecule has 21 heavy (non-hydrogen) atoms. The van der Waals surface area contributed by atoms with Crippen molar-refractivity contribution in [3.63, 3.8) is 0 Å². The van der Waals surface area contributed by atoms with Crippen LogP contribution in [0.5, 0.6) is 0 Å². The number of amides is 2. The minimum atomic E-state index is -0.0536. The summed E-state index contributed by atoms with van der Waals surface area (Å²) in [6.07, 6.45) is 3.10. The Hall–Kier alpha value is -1.52. The number of nitrogens with zero attached hydrogens (tertiary/aromatic N) is 1. The summed E-state index contributed by atoms with van der Waals surface area (Å²) in [5.74, 6) is 0. The van der Waals surface area contributed by atoms with Crippen molar-refractivity contribution in [3.05, 3.63) is 51.7 Å². The van der Waals surface area contributed by atoms with E-state index in [2.05, 4.69) is 16.8 Å². The molecule has 0 saturated heterocycles. The average Bonchev–Trinajstić information content (AvgIpc) is 3.17. The number of nitrogens with one attached hydrogen (secondary N) is 1. The maximum absolute atomic E-state index is 12.5. The second-order valence-corrected chi connectivity index (χ2v) is 6.60. The van der Waals surface area contributed by atoms with Crippen LogP contribution < -0.4 is 5.32 Å². The van der Waals surface area contributed by atoms with Gasteiger partial charge in [0.1, 0.15) is 0 Å². The van der Waals surface area contributed by atoms with Crippen LogP contribution in [0.2, 0.25) is 5.02 Å². The predicted octanol–water partition coefficient (Wildman–Crippen LogP) is 4.64. The van der Waals surface area contributed by atoms with E-state index in [1.165, 1.54) is 4.88 Å². The number of rotatable bonds is 5. The van der Waals surface area contributed by atoms with Gasteiger partial charge >= 0.3 is 6.03 Å². The highest BCUT2D eigenvalue weighted by Gasteiger charge is 2.32. The number of thiophene rings is 1. The fraction of sp³-hybridized carbons (Fsp3) is 0.312. The van der Waals surface area contributed by atoms with Crippen LogP contribution in [0.4, 0.5) is 10.5 Å². The molecular weight excluding hydrogens is 304 g/mol. The molecule has 1 saturated carbocycles. The van der Waals surface area contributed by atoms with Gasteiger partial charge in [0.15, 0.2) is 0 Å². The molecule has 3 nitrogen and oxygen atoms in total. The molecular formula is C16H17ClN2OS. The summed E-state index contributed by atoms with van der Waals surface area (Å²) in [6.45, 7) is 0.751. The average molecular weight is 321 g/mol. The van der Waals surface area contributed by atoms with Crippen LogP contribution in [0.1, 0.15) is 17.7 Å². The molecule has 110 valence electrons. The number of carbonyl (C=O) groups is 1. The number of halogens is 1. The Bertz CT molecular complexity index is 610. The lowest BCUT2D eigenvalue weighted by Gasteiger charge is -2.23. The zero-order chi connectivity index (χ0) is 14.7. The fourth-order valence-corrected chi connectivity index (χ4v) is 3.15. The van der Waals surface area contributed by atoms with Gasteiger partial charge < -0.3 is 10.2 Å². The molecule has 5 heteroatoms. The molecule has 1 heterocycles. The number of hydrogen-bond donors (Lipinski definition) is 1. The highest BCUT2D eigenvalue weighted by molar-refractivity contribution is 7.09. The first-order chi connectivity index (χ1) is 10.2. The van der Waals surface area contributed by atoms with Gasteiger partial charge in [-0.1, -0.05) is 29.8 Å². The van der Waals surface area contributed by atoms with Crippen LogP contribution in [-0.4, -0.2) is 23.5 Å². The molecule has 3 rings (SSSR count). The summed E-state index contributed by atoms with van der Waals surface area (Å²) < 4.78 is 0. The predicted molar refractivity (Wildman–Crippen MR) is 88.2 cm³/mol. The molecule has 0 unspecified atom stereocenters. The summed E-state index contributed by atoms with van der Waals surface area (Å²) >= 11 is 7.83. The highest BCUT2D eigenvalue weighted by Crippen LogP contribution is 2.29. The molecule has 0 aliphatic heterocycles. The van der Waals surface area contributed by atoms with Gasteiger partial charge in [-0.05, 0) is 42.8 Å². The van der Waals surface area contributed by atoms with Crippen LogP contribution in [0.25, 0.3) is 0 Å². The first-order valence-corrected chi connectivity index (χ1v) is 8.34. The van der Waals surface area contributed by atoms with Gasteiger partial charge in [0.2, 0.25) is 0 Å². The molecule has 0 bridgehead atoms. The Balaban J connectivity index is 1.63. The lowest BCUT2D eigenvalue weighted by molar-refractivity contribution is 0.209. The lowest BCUT2D eigenvalue weighted by atomic mass is 10.3. The SMILES string of the molecule is O=C(Nc1ccccc1Cl)N(CCc1cccs1)C1CC1. The zero-order valence-electron chi connectivity index (χ0n) is 11.6. The van der Waals surface area contributed by atoms with Gasteiger partial charge in [-0.15, -0.1) is 11.3 Å². The van der Waals surface area contributed by atoms with Crippen molar-refractivity contribution in [1.82, 2.24) is 4.90 Å². The quantitative estimate of drug-likeness (QED) is 0.855. The molecule has 1 aromatic heterocycles. The number of urea groups is 1. The van der Waals surface area contributed by atoms with Gasteiger partial charge in [0.05, 0.1) is 10.7 Å². The van der Waals surface area contributed by atoms with Crippen molar-refractivity contribution < 1.29 is 4.79 Å². The third-order valence-corrected chi connectivity index (χ3v) is 4.81. The van der Waals surface area contributed by atoms with Crippen molar-refractivity contribution in [2.45, 2.75) is 25.3 Å². The van der Waals surface area contributed by atoms with Crippen LogP contribution in [0, 0.1) is 0 Å². The molecule has 1 aromatic carbocycles. The third-order valence-electron chi connectivity index (χ3n) is 3.54. The zero-order valence-corrected chi connectivity index (χ0v) is 13.2. The summed E-state index contributed by atoms with van der Waals surface area (Å²) in [5, 5.41) is 5.56. The molecule has 1 aliphatic rings. The number of carbonyl (C=O) groups excluding carboxylic acids is 1. The molecule has 1 N–H and O–H groups in total. The van der Waals surface area contributed by atoms with E-state index in [4.69, 9.17) is 11.6 Å². The lowest BCUT2D eigenvalue weighted by Crippen LogP contribution is -2.38. The molecule has 2 aromatic rings. The molecule has 1 fully saturated rings. The fourth-order valence-electron chi connectivity index (χ4n) is 2.27. The van der Waals surface area contributed by atoms with Crippen LogP contribution in [-0.2, 0) is 6.42 Å². The van der Waals surface area contributed by atoms with E-state index >= 15 is 0 Å². The van der Waals surface area contributed by atoms with Crippen LogP contribution in [0.3, 0.4) is 0 Å². The molecule has 2 amide bonds. The van der Waals surface area contributed by atoms with E-state index in [1.54, 1.807) is 17.4 Å². The second kappa shape index (κ2) is 6.50. The van der Waals surface area contributed by atoms with E-state index in [0.717, 1.165) is 25.8 Å². The van der Waals surface area contributed by atoms with Crippen LogP contribution >= 0.6 is 22.9 Å². The Morgan fingerprint density at radius 1 is 1.29 bits per heavy atom. The number of anilines is 1. The van der Waals surface area contributed by atoms with E-state index in [-0.39, 0.29) is 6.03 Å². The van der Waals surface area contributed by atoms with Crippen molar-refractivity contribution in [1.29, 1.82) is 0 Å². The van der Waals surface area contributed by atoms with Crippen molar-refractivity contribution in [3.8, 4) is 0 Å². The first-order valence-electron chi connectivity index (χ1n) is 7.08. The third kappa shape index (κ3) is 3.77. The van der Waals surface area contributed by atoms with E-state index in [1.807, 2.05) is 29.2 Å². The summed E-state index contributed by atoms with van der Waals surface area (Å²) in [7, 11) is 0. The van der Waals surface area contributed by atoms with Crippen LogP contribution in [0.15, 0.2) is 41.8 Å². The number of hydrogen-bond acceptors (Lipinski definition) is 2. The van der Waals surface area contributed by atoms with Gasteiger partial charge in [-0.3, -0.25) is 0 Å². The topological polar surface area (TPSA) is 32.3 Å².